The van der Waals surface area contributed by atoms with Gasteiger partial charge < -0.3 is 10.6 Å². The fraction of sp³-hybridized carbons (Fsp3) is 0.391. The summed E-state index contributed by atoms with van der Waals surface area (Å²) in [5.41, 5.74) is 4.28. The van der Waals surface area contributed by atoms with Crippen molar-refractivity contribution in [2.24, 2.45) is 0 Å². The Balaban J connectivity index is 1.55. The molecule has 0 bridgehead atoms. The summed E-state index contributed by atoms with van der Waals surface area (Å²) >= 11 is 1.46. The zero-order valence-corrected chi connectivity index (χ0v) is 18.0. The molecule has 2 N–H and O–H groups in total. The summed E-state index contributed by atoms with van der Waals surface area (Å²) < 4.78 is 0. The molecule has 7 heteroatoms. The van der Waals surface area contributed by atoms with Gasteiger partial charge in [0.25, 0.3) is 0 Å². The maximum atomic E-state index is 12.3. The topological polar surface area (TPSA) is 94.9 Å². The third kappa shape index (κ3) is 6.33. The Hall–Kier alpha value is -2.85. The number of benzene rings is 1. The second-order valence-corrected chi connectivity index (χ2v) is 8.46. The number of carbonyl (C=O) groups is 2. The fourth-order valence-electron chi connectivity index (χ4n) is 3.46. The Morgan fingerprint density at radius 2 is 1.73 bits per heavy atom. The Morgan fingerprint density at radius 3 is 2.40 bits per heavy atom. The van der Waals surface area contributed by atoms with Gasteiger partial charge in [0.2, 0.25) is 11.8 Å². The summed E-state index contributed by atoms with van der Waals surface area (Å²) in [6.45, 7) is 1.45. The third-order valence-electron chi connectivity index (χ3n) is 4.94. The number of hydrogen-bond donors (Lipinski definition) is 2. The van der Waals surface area contributed by atoms with Gasteiger partial charge in [0.15, 0.2) is 0 Å². The van der Waals surface area contributed by atoms with Crippen molar-refractivity contribution in [1.82, 2.24) is 4.98 Å². The van der Waals surface area contributed by atoms with Crippen LogP contribution in [0.2, 0.25) is 0 Å². The molecular weight excluding hydrogens is 396 g/mol. The quantitative estimate of drug-likeness (QED) is 0.659. The van der Waals surface area contributed by atoms with Crippen LogP contribution in [0.25, 0.3) is 0 Å². The predicted molar refractivity (Wildman–Crippen MR) is 120 cm³/mol. The second-order valence-electron chi connectivity index (χ2n) is 7.38. The molecule has 0 unspecified atom stereocenters. The van der Waals surface area contributed by atoms with E-state index in [9.17, 15) is 14.9 Å². The Bertz CT molecular complexity index is 951. The molecule has 0 radical (unpaired) electrons. The van der Waals surface area contributed by atoms with E-state index in [0.29, 0.717) is 29.1 Å². The minimum atomic E-state index is -0.137. The van der Waals surface area contributed by atoms with Crippen LogP contribution in [0.5, 0.6) is 0 Å². The second kappa shape index (κ2) is 10.8. The molecule has 0 saturated carbocycles. The highest BCUT2D eigenvalue weighted by Crippen LogP contribution is 2.27. The Labute approximate surface area is 181 Å². The molecule has 0 atom stereocenters. The molecule has 0 saturated heterocycles. The summed E-state index contributed by atoms with van der Waals surface area (Å²) in [5, 5.41) is 15.8. The summed E-state index contributed by atoms with van der Waals surface area (Å²) in [7, 11) is 0. The van der Waals surface area contributed by atoms with Crippen LogP contribution in [0.15, 0.2) is 35.4 Å². The van der Waals surface area contributed by atoms with Crippen LogP contribution >= 0.6 is 11.8 Å². The van der Waals surface area contributed by atoms with Crippen LogP contribution < -0.4 is 10.6 Å². The van der Waals surface area contributed by atoms with Crippen molar-refractivity contribution in [2.75, 3.05) is 16.4 Å². The van der Waals surface area contributed by atoms with Crippen LogP contribution in [0.3, 0.4) is 0 Å². The Kier molecular flexibility index (Phi) is 7.86. The molecule has 1 aromatic carbocycles. The number of amides is 2. The molecule has 3 rings (SSSR count). The molecule has 0 aliphatic heterocycles. The number of fused-ring (bicyclic) bond motifs is 1. The number of nitriles is 1. The van der Waals surface area contributed by atoms with Gasteiger partial charge in [0.05, 0.1) is 5.56 Å². The molecule has 0 fully saturated rings. The van der Waals surface area contributed by atoms with Crippen LogP contribution in [-0.2, 0) is 22.4 Å². The largest absolute Gasteiger partial charge is 0.326 e. The zero-order valence-electron chi connectivity index (χ0n) is 17.2. The number of nitrogens with one attached hydrogen (secondary N) is 2. The normalized spacial score (nSPS) is 13.3. The van der Waals surface area contributed by atoms with Crippen molar-refractivity contribution >= 4 is 35.0 Å². The maximum absolute atomic E-state index is 12.3. The van der Waals surface area contributed by atoms with Gasteiger partial charge in [-0.25, -0.2) is 4.98 Å². The lowest BCUT2D eigenvalue weighted by Crippen LogP contribution is -2.12. The molecular formula is C23H26N4O2S. The number of carbonyl (C=O) groups excluding carboxylic acids is 2. The zero-order chi connectivity index (χ0) is 21.3. The first-order valence-corrected chi connectivity index (χ1v) is 11.3. The van der Waals surface area contributed by atoms with Gasteiger partial charge in [-0.3, -0.25) is 9.59 Å². The maximum Gasteiger partial charge on any atom is 0.225 e. The summed E-state index contributed by atoms with van der Waals surface area (Å²) in [5.74, 6) is 0.318. The molecule has 6 nitrogen and oxygen atoms in total. The van der Waals surface area contributed by atoms with Gasteiger partial charge in [-0.15, -0.1) is 11.8 Å². The summed E-state index contributed by atoms with van der Waals surface area (Å²) in [6.07, 6.45) is 7.03. The fourth-order valence-corrected chi connectivity index (χ4v) is 4.38. The molecule has 2 amide bonds. The highest BCUT2D eigenvalue weighted by atomic mass is 32.2. The van der Waals surface area contributed by atoms with Gasteiger partial charge in [-0.1, -0.05) is 12.8 Å². The SMILES string of the molecule is CC(=O)Nc1ccc(NC(=O)CCSc2nc3c(cc2C#N)CCCCCC3)cc1. The number of thioether (sulfide) groups is 1. The number of hydrogen-bond acceptors (Lipinski definition) is 5. The highest BCUT2D eigenvalue weighted by molar-refractivity contribution is 7.99. The lowest BCUT2D eigenvalue weighted by molar-refractivity contribution is -0.116. The lowest BCUT2D eigenvalue weighted by Gasteiger charge is -2.15. The molecule has 1 aromatic heterocycles. The van der Waals surface area contributed by atoms with Crippen LogP contribution in [-0.4, -0.2) is 22.6 Å². The molecule has 0 spiro atoms. The van der Waals surface area contributed by atoms with E-state index in [1.54, 1.807) is 24.3 Å². The number of pyridine rings is 1. The van der Waals surface area contributed by atoms with E-state index < -0.39 is 0 Å². The number of aryl methyl sites for hydroxylation is 2. The average Bonchev–Trinajstić information content (AvgIpc) is 2.70. The van der Waals surface area contributed by atoms with Crippen molar-refractivity contribution in [2.45, 2.75) is 56.9 Å². The van der Waals surface area contributed by atoms with E-state index in [-0.39, 0.29) is 11.8 Å². The van der Waals surface area contributed by atoms with Gasteiger partial charge >= 0.3 is 0 Å². The number of rotatable bonds is 6. The van der Waals surface area contributed by atoms with Gasteiger partial charge in [-0.2, -0.15) is 5.26 Å². The first kappa shape index (κ1) is 21.8. The molecule has 30 heavy (non-hydrogen) atoms. The van der Waals surface area contributed by atoms with E-state index in [1.807, 2.05) is 6.07 Å². The molecule has 156 valence electrons. The van der Waals surface area contributed by atoms with E-state index >= 15 is 0 Å². The van der Waals surface area contributed by atoms with Crippen molar-refractivity contribution in [3.8, 4) is 6.07 Å². The van der Waals surface area contributed by atoms with Crippen LogP contribution in [0.1, 0.15) is 55.8 Å². The predicted octanol–water partition coefficient (Wildman–Crippen LogP) is 4.69. The summed E-state index contributed by atoms with van der Waals surface area (Å²) in [4.78, 5) is 28.1. The third-order valence-corrected chi connectivity index (χ3v) is 5.94. The molecule has 1 heterocycles. The van der Waals surface area contributed by atoms with Crippen molar-refractivity contribution in [1.29, 1.82) is 5.26 Å². The summed E-state index contributed by atoms with van der Waals surface area (Å²) in [6, 6.07) is 11.2. The Morgan fingerprint density at radius 1 is 1.07 bits per heavy atom. The molecule has 1 aliphatic rings. The van der Waals surface area contributed by atoms with E-state index in [1.165, 1.54) is 37.1 Å². The van der Waals surface area contributed by atoms with E-state index in [0.717, 1.165) is 36.4 Å². The van der Waals surface area contributed by atoms with Crippen molar-refractivity contribution in [3.05, 3.63) is 47.2 Å². The minimum absolute atomic E-state index is 0.0977. The standard InChI is InChI=1S/C23H26N4O2S/c1-16(28)25-19-8-10-20(11-9-19)26-22(29)12-13-30-23-18(15-24)14-17-6-4-2-3-5-7-21(17)27-23/h8-11,14H,2-7,12-13H2,1H3,(H,25,28)(H,26,29). The first-order chi connectivity index (χ1) is 14.5. The van der Waals surface area contributed by atoms with Gasteiger partial charge in [0, 0.05) is 36.2 Å². The van der Waals surface area contributed by atoms with Gasteiger partial charge in [-0.05, 0) is 61.6 Å². The number of aromatic nitrogens is 1. The van der Waals surface area contributed by atoms with E-state index in [2.05, 4.69) is 16.7 Å². The van der Waals surface area contributed by atoms with Crippen LogP contribution in [0, 0.1) is 11.3 Å². The lowest BCUT2D eigenvalue weighted by atomic mass is 9.96. The van der Waals surface area contributed by atoms with Crippen molar-refractivity contribution < 1.29 is 9.59 Å². The number of nitrogens with zero attached hydrogens (tertiary/aromatic N) is 2. The average molecular weight is 423 g/mol. The molecule has 2 aromatic rings. The van der Waals surface area contributed by atoms with Crippen molar-refractivity contribution in [3.63, 3.8) is 0 Å². The first-order valence-electron chi connectivity index (χ1n) is 10.3. The molecule has 1 aliphatic carbocycles. The van der Waals surface area contributed by atoms with E-state index in [4.69, 9.17) is 4.98 Å². The smallest absolute Gasteiger partial charge is 0.225 e. The van der Waals surface area contributed by atoms with Gasteiger partial charge in [0.1, 0.15) is 11.1 Å². The highest BCUT2D eigenvalue weighted by Gasteiger charge is 2.14. The van der Waals surface area contributed by atoms with Crippen LogP contribution in [0.4, 0.5) is 11.4 Å². The number of anilines is 2. The monoisotopic (exact) mass is 422 g/mol. The minimum Gasteiger partial charge on any atom is -0.326 e.